The van der Waals surface area contributed by atoms with E-state index in [1.807, 2.05) is 12.1 Å². The number of aliphatic hydroxyl groups excluding tert-OH is 1. The molecule has 1 fully saturated rings. The van der Waals surface area contributed by atoms with Crippen LogP contribution in [0.5, 0.6) is 5.75 Å². The molecule has 1 aromatic carbocycles. The van der Waals surface area contributed by atoms with Crippen LogP contribution in [-0.4, -0.2) is 17.3 Å². The Morgan fingerprint density at radius 2 is 2.00 bits per heavy atom. The van der Waals surface area contributed by atoms with Crippen LogP contribution in [0.15, 0.2) is 18.2 Å². The van der Waals surface area contributed by atoms with Crippen molar-refractivity contribution in [2.45, 2.75) is 38.9 Å². The lowest BCUT2D eigenvalue weighted by atomic mass is 9.92. The monoisotopic (exact) mass is 192 g/mol. The Bertz CT molecular complexity index is 333. The van der Waals surface area contributed by atoms with E-state index in [0.717, 1.165) is 18.6 Å². The van der Waals surface area contributed by atoms with Crippen LogP contribution < -0.4 is 4.74 Å². The second-order valence-corrected chi connectivity index (χ2v) is 4.05. The van der Waals surface area contributed by atoms with Crippen molar-refractivity contribution in [3.63, 3.8) is 0 Å². The summed E-state index contributed by atoms with van der Waals surface area (Å²) < 4.78 is 5.65. The molecule has 0 radical (unpaired) electrons. The average Bonchev–Trinajstić information content (AvgIpc) is 2.17. The Balaban J connectivity index is 2.06. The fraction of sp³-hybridized carbons (Fsp3) is 0.500. The van der Waals surface area contributed by atoms with Crippen molar-refractivity contribution in [1.29, 1.82) is 0 Å². The maximum atomic E-state index is 9.37. The highest BCUT2D eigenvalue weighted by atomic mass is 16.5. The summed E-state index contributed by atoms with van der Waals surface area (Å²) >= 11 is 0. The van der Waals surface area contributed by atoms with Crippen LogP contribution in [0.25, 0.3) is 0 Å². The van der Waals surface area contributed by atoms with Gasteiger partial charge in [0.05, 0.1) is 6.10 Å². The second-order valence-electron chi connectivity index (χ2n) is 4.05. The average molecular weight is 192 g/mol. The molecule has 1 saturated carbocycles. The first-order valence-electron chi connectivity index (χ1n) is 5.09. The minimum atomic E-state index is -0.267. The number of rotatable bonds is 2. The molecular weight excluding hydrogens is 176 g/mol. The number of hydrogen-bond donors (Lipinski definition) is 1. The molecule has 1 aliphatic rings. The van der Waals surface area contributed by atoms with E-state index in [-0.39, 0.29) is 12.2 Å². The predicted molar refractivity (Wildman–Crippen MR) is 55.6 cm³/mol. The van der Waals surface area contributed by atoms with Gasteiger partial charge in [-0.15, -0.1) is 0 Å². The second kappa shape index (κ2) is 3.62. The highest BCUT2D eigenvalue weighted by molar-refractivity contribution is 5.34. The van der Waals surface area contributed by atoms with E-state index in [2.05, 4.69) is 19.9 Å². The molecule has 2 unspecified atom stereocenters. The van der Waals surface area contributed by atoms with E-state index in [1.54, 1.807) is 0 Å². The van der Waals surface area contributed by atoms with Crippen LogP contribution in [-0.2, 0) is 0 Å². The standard InChI is InChI=1S/C12H16O2/c1-8-3-4-10(7-9(8)2)14-12-6-5-11(12)13/h3-4,7,11-13H,5-6H2,1-2H3. The summed E-state index contributed by atoms with van der Waals surface area (Å²) in [6, 6.07) is 6.05. The van der Waals surface area contributed by atoms with Crippen molar-refractivity contribution in [2.24, 2.45) is 0 Å². The third-order valence-electron chi connectivity index (χ3n) is 2.94. The van der Waals surface area contributed by atoms with Crippen LogP contribution in [0.2, 0.25) is 0 Å². The summed E-state index contributed by atoms with van der Waals surface area (Å²) in [5.41, 5.74) is 2.50. The predicted octanol–water partition coefficient (Wildman–Crippen LogP) is 2.21. The first-order chi connectivity index (χ1) is 6.66. The Hall–Kier alpha value is -1.02. The molecule has 0 amide bonds. The molecule has 14 heavy (non-hydrogen) atoms. The number of hydrogen-bond acceptors (Lipinski definition) is 2. The highest BCUT2D eigenvalue weighted by Gasteiger charge is 2.30. The maximum absolute atomic E-state index is 9.37. The fourth-order valence-corrected chi connectivity index (χ4v) is 1.55. The number of ether oxygens (including phenoxy) is 1. The van der Waals surface area contributed by atoms with Crippen LogP contribution in [0.1, 0.15) is 24.0 Å². The molecule has 1 aromatic rings. The van der Waals surface area contributed by atoms with Crippen LogP contribution in [0.3, 0.4) is 0 Å². The lowest BCUT2D eigenvalue weighted by Crippen LogP contribution is -2.41. The van der Waals surface area contributed by atoms with E-state index in [1.165, 1.54) is 11.1 Å². The molecular formula is C12H16O2. The van der Waals surface area contributed by atoms with Crippen molar-refractivity contribution in [2.75, 3.05) is 0 Å². The third kappa shape index (κ3) is 1.75. The molecule has 1 aliphatic carbocycles. The van der Waals surface area contributed by atoms with Crippen molar-refractivity contribution in [3.05, 3.63) is 29.3 Å². The summed E-state index contributed by atoms with van der Waals surface area (Å²) in [5, 5.41) is 9.37. The molecule has 2 heteroatoms. The van der Waals surface area contributed by atoms with Gasteiger partial charge in [-0.25, -0.2) is 0 Å². The molecule has 76 valence electrons. The Labute approximate surface area is 84.5 Å². The summed E-state index contributed by atoms with van der Waals surface area (Å²) in [4.78, 5) is 0. The van der Waals surface area contributed by atoms with E-state index in [0.29, 0.717) is 0 Å². The topological polar surface area (TPSA) is 29.5 Å². The first-order valence-corrected chi connectivity index (χ1v) is 5.09. The molecule has 0 aromatic heterocycles. The highest BCUT2D eigenvalue weighted by Crippen LogP contribution is 2.26. The third-order valence-corrected chi connectivity index (χ3v) is 2.94. The van der Waals surface area contributed by atoms with Gasteiger partial charge < -0.3 is 9.84 Å². The summed E-state index contributed by atoms with van der Waals surface area (Å²) in [7, 11) is 0. The molecule has 0 heterocycles. The lowest BCUT2D eigenvalue weighted by molar-refractivity contribution is -0.0361. The zero-order chi connectivity index (χ0) is 10.1. The minimum absolute atomic E-state index is 0.0112. The van der Waals surface area contributed by atoms with Gasteiger partial charge in [0.2, 0.25) is 0 Å². The van der Waals surface area contributed by atoms with E-state index in [9.17, 15) is 5.11 Å². The van der Waals surface area contributed by atoms with E-state index < -0.39 is 0 Å². The van der Waals surface area contributed by atoms with Gasteiger partial charge in [-0.2, -0.15) is 0 Å². The lowest BCUT2D eigenvalue weighted by Gasteiger charge is -2.32. The summed E-state index contributed by atoms with van der Waals surface area (Å²) in [5.74, 6) is 0.872. The van der Waals surface area contributed by atoms with E-state index in [4.69, 9.17) is 4.74 Å². The molecule has 2 atom stereocenters. The maximum Gasteiger partial charge on any atom is 0.125 e. The number of aryl methyl sites for hydroxylation is 2. The zero-order valence-electron chi connectivity index (χ0n) is 8.66. The molecule has 1 N–H and O–H groups in total. The van der Waals surface area contributed by atoms with Gasteiger partial charge in [0.15, 0.2) is 0 Å². The Kier molecular flexibility index (Phi) is 2.46. The van der Waals surface area contributed by atoms with Gasteiger partial charge in [-0.05, 0) is 49.9 Å². The van der Waals surface area contributed by atoms with Crippen molar-refractivity contribution < 1.29 is 9.84 Å². The Morgan fingerprint density at radius 1 is 1.21 bits per heavy atom. The molecule has 2 nitrogen and oxygen atoms in total. The van der Waals surface area contributed by atoms with Crippen LogP contribution in [0.4, 0.5) is 0 Å². The largest absolute Gasteiger partial charge is 0.488 e. The molecule has 0 bridgehead atoms. The van der Waals surface area contributed by atoms with Crippen LogP contribution >= 0.6 is 0 Å². The van der Waals surface area contributed by atoms with Gasteiger partial charge >= 0.3 is 0 Å². The van der Waals surface area contributed by atoms with Gasteiger partial charge in [0, 0.05) is 0 Å². The van der Waals surface area contributed by atoms with Gasteiger partial charge in [-0.3, -0.25) is 0 Å². The molecule has 2 rings (SSSR count). The van der Waals surface area contributed by atoms with Gasteiger partial charge in [-0.1, -0.05) is 6.07 Å². The first kappa shape index (κ1) is 9.53. The smallest absolute Gasteiger partial charge is 0.125 e. The quantitative estimate of drug-likeness (QED) is 0.778. The summed E-state index contributed by atoms with van der Waals surface area (Å²) in [6.07, 6.45) is 1.58. The van der Waals surface area contributed by atoms with E-state index >= 15 is 0 Å². The van der Waals surface area contributed by atoms with Crippen molar-refractivity contribution in [3.8, 4) is 5.75 Å². The normalized spacial score (nSPS) is 25.6. The zero-order valence-corrected chi connectivity index (χ0v) is 8.66. The van der Waals surface area contributed by atoms with Gasteiger partial charge in [0.25, 0.3) is 0 Å². The van der Waals surface area contributed by atoms with Crippen molar-refractivity contribution in [1.82, 2.24) is 0 Å². The molecule has 0 aliphatic heterocycles. The van der Waals surface area contributed by atoms with Gasteiger partial charge in [0.1, 0.15) is 11.9 Å². The van der Waals surface area contributed by atoms with Crippen LogP contribution in [0, 0.1) is 13.8 Å². The fourth-order valence-electron chi connectivity index (χ4n) is 1.55. The minimum Gasteiger partial charge on any atom is -0.488 e. The SMILES string of the molecule is Cc1ccc(OC2CCC2O)cc1C. The number of benzene rings is 1. The molecule has 0 spiro atoms. The van der Waals surface area contributed by atoms with Crippen molar-refractivity contribution >= 4 is 0 Å². The molecule has 0 saturated heterocycles. The summed E-state index contributed by atoms with van der Waals surface area (Å²) in [6.45, 7) is 4.15. The Morgan fingerprint density at radius 3 is 2.50 bits per heavy atom. The number of aliphatic hydroxyl groups is 1.